The normalized spacial score (nSPS) is 30.8. The molecule has 0 amide bonds. The third-order valence-electron chi connectivity index (χ3n) is 7.69. The van der Waals surface area contributed by atoms with Crippen molar-refractivity contribution in [2.75, 3.05) is 0 Å². The summed E-state index contributed by atoms with van der Waals surface area (Å²) in [5.74, 6) is -3.29. The largest absolute Gasteiger partial charge is 0.508 e. The van der Waals surface area contributed by atoms with Crippen molar-refractivity contribution in [2.24, 2.45) is 0 Å². The third-order valence-corrected chi connectivity index (χ3v) is 7.69. The Morgan fingerprint density at radius 3 is 2.00 bits per heavy atom. The molecule has 16 heteroatoms. The standard InChI is InChI=1S/C31H34O16/c1-11-21(36)23(38)24(39)30(41-11)45-17-9-18(35)20-19(10-17)46-27(15-5-7-16(34)8-6-15)28(22(20)37)47-31-29(44-14(4)33)25(40)26(12(2)42-31)43-13(3)32/h5-12,21,23-26,29-31,34-36,38-40H,1-4H3/t11-,12-,21-,23-,24+,25+,26-,29-,30+,31+/m0/s1. The van der Waals surface area contributed by atoms with Gasteiger partial charge in [0.2, 0.25) is 23.8 Å². The summed E-state index contributed by atoms with van der Waals surface area (Å²) in [6, 6.07) is 7.62. The smallest absolute Gasteiger partial charge is 0.303 e. The minimum atomic E-state index is -1.67. The van der Waals surface area contributed by atoms with Gasteiger partial charge in [-0.2, -0.15) is 0 Å². The lowest BCUT2D eigenvalue weighted by Crippen LogP contribution is -2.60. The van der Waals surface area contributed by atoms with Crippen LogP contribution >= 0.6 is 0 Å². The second-order valence-corrected chi connectivity index (χ2v) is 11.2. The fraction of sp³-hybridized carbons (Fsp3) is 0.452. The lowest BCUT2D eigenvalue weighted by atomic mass is 9.99. The molecule has 254 valence electrons. The summed E-state index contributed by atoms with van der Waals surface area (Å²) in [6.45, 7) is 5.10. The Hall–Kier alpha value is -4.45. The maximum absolute atomic E-state index is 14.0. The Balaban J connectivity index is 1.59. The summed E-state index contributed by atoms with van der Waals surface area (Å²) in [4.78, 5) is 37.6. The van der Waals surface area contributed by atoms with E-state index in [1.807, 2.05) is 0 Å². The van der Waals surface area contributed by atoms with Crippen LogP contribution in [0.4, 0.5) is 0 Å². The number of aliphatic hydroxyl groups is 4. The van der Waals surface area contributed by atoms with Crippen LogP contribution in [-0.2, 0) is 28.5 Å². The molecule has 3 heterocycles. The van der Waals surface area contributed by atoms with Crippen molar-refractivity contribution in [2.45, 2.75) is 89.1 Å². The van der Waals surface area contributed by atoms with Crippen molar-refractivity contribution in [1.82, 2.24) is 0 Å². The van der Waals surface area contributed by atoms with Gasteiger partial charge in [0.05, 0.1) is 12.2 Å². The number of phenolic OH excluding ortho intramolecular Hbond substituents is 2. The van der Waals surface area contributed by atoms with Crippen LogP contribution in [-0.4, -0.2) is 104 Å². The van der Waals surface area contributed by atoms with Gasteiger partial charge < -0.3 is 63.5 Å². The Kier molecular flexibility index (Phi) is 9.63. The molecule has 0 saturated carbocycles. The highest BCUT2D eigenvalue weighted by Gasteiger charge is 2.49. The summed E-state index contributed by atoms with van der Waals surface area (Å²) in [7, 11) is 0. The predicted molar refractivity (Wildman–Crippen MR) is 156 cm³/mol. The molecule has 1 aromatic heterocycles. The molecule has 2 saturated heterocycles. The molecular weight excluding hydrogens is 628 g/mol. The summed E-state index contributed by atoms with van der Waals surface area (Å²) in [5.41, 5.74) is -0.969. The van der Waals surface area contributed by atoms with Gasteiger partial charge in [-0.15, -0.1) is 0 Å². The molecule has 0 bridgehead atoms. The van der Waals surface area contributed by atoms with Gasteiger partial charge in [-0.3, -0.25) is 14.4 Å². The number of aromatic hydroxyl groups is 2. The first-order valence-electron chi connectivity index (χ1n) is 14.5. The van der Waals surface area contributed by atoms with E-state index in [-0.39, 0.29) is 28.4 Å². The monoisotopic (exact) mass is 662 g/mol. The van der Waals surface area contributed by atoms with E-state index in [1.54, 1.807) is 0 Å². The third kappa shape index (κ3) is 6.83. The molecule has 0 unspecified atom stereocenters. The Morgan fingerprint density at radius 1 is 0.745 bits per heavy atom. The topological polar surface area (TPSA) is 241 Å². The first kappa shape index (κ1) is 33.9. The van der Waals surface area contributed by atoms with Crippen molar-refractivity contribution in [3.8, 4) is 34.3 Å². The summed E-state index contributed by atoms with van der Waals surface area (Å²) < 4.78 is 39.3. The molecule has 2 aliphatic rings. The van der Waals surface area contributed by atoms with Crippen LogP contribution in [0.2, 0.25) is 0 Å². The molecule has 47 heavy (non-hydrogen) atoms. The number of aliphatic hydroxyl groups excluding tert-OH is 4. The average Bonchev–Trinajstić information content (AvgIpc) is 3.00. The van der Waals surface area contributed by atoms with E-state index < -0.39 is 95.7 Å². The molecule has 6 N–H and O–H groups in total. The molecular formula is C31H34O16. The Bertz CT molecular complexity index is 1690. The summed E-state index contributed by atoms with van der Waals surface area (Å²) in [5, 5.41) is 62.0. The van der Waals surface area contributed by atoms with Crippen molar-refractivity contribution in [3.63, 3.8) is 0 Å². The first-order valence-corrected chi connectivity index (χ1v) is 14.5. The molecule has 0 spiro atoms. The lowest BCUT2D eigenvalue weighted by molar-refractivity contribution is -0.277. The van der Waals surface area contributed by atoms with Gasteiger partial charge in [0.15, 0.2) is 18.0 Å². The maximum Gasteiger partial charge on any atom is 0.303 e. The maximum atomic E-state index is 14.0. The van der Waals surface area contributed by atoms with Crippen LogP contribution in [0.25, 0.3) is 22.3 Å². The second-order valence-electron chi connectivity index (χ2n) is 11.2. The second kappa shape index (κ2) is 13.3. The molecule has 16 nitrogen and oxygen atoms in total. The van der Waals surface area contributed by atoms with E-state index in [0.717, 1.165) is 19.9 Å². The Labute approximate surface area is 266 Å². The number of carbonyl (C=O) groups excluding carboxylic acids is 2. The van der Waals surface area contributed by atoms with E-state index in [4.69, 9.17) is 32.8 Å². The van der Waals surface area contributed by atoms with Gasteiger partial charge in [0.25, 0.3) is 0 Å². The van der Waals surface area contributed by atoms with Crippen molar-refractivity contribution >= 4 is 22.9 Å². The number of carbonyl (C=O) groups is 2. The zero-order chi connectivity index (χ0) is 34.3. The van der Waals surface area contributed by atoms with Gasteiger partial charge in [0, 0.05) is 31.5 Å². The summed E-state index contributed by atoms with van der Waals surface area (Å²) >= 11 is 0. The number of hydrogen-bond donors (Lipinski definition) is 6. The van der Waals surface area contributed by atoms with E-state index in [1.165, 1.54) is 44.2 Å². The van der Waals surface area contributed by atoms with Gasteiger partial charge in [-0.1, -0.05) is 0 Å². The van der Waals surface area contributed by atoms with Crippen molar-refractivity contribution in [1.29, 1.82) is 0 Å². The number of esters is 2. The molecule has 10 atom stereocenters. The van der Waals surface area contributed by atoms with E-state index >= 15 is 0 Å². The molecule has 3 aromatic rings. The van der Waals surface area contributed by atoms with Crippen molar-refractivity contribution in [3.05, 3.63) is 46.6 Å². The van der Waals surface area contributed by atoms with Gasteiger partial charge in [-0.05, 0) is 38.1 Å². The highest BCUT2D eigenvalue weighted by atomic mass is 16.7. The zero-order valence-corrected chi connectivity index (χ0v) is 25.5. The number of phenols is 2. The molecule has 2 aliphatic heterocycles. The van der Waals surface area contributed by atoms with Crippen LogP contribution < -0.4 is 14.9 Å². The SMILES string of the molecule is CC(=O)O[C@@H]1[C@@H](Oc2c(-c3ccc(O)cc3)oc3cc(O[C@H]4O[C@@H](C)[C@H](O)[C@H](O)[C@H]4O)cc(O)c3c2=O)O[C@@H](C)[C@H](OC(C)=O)[C@H]1O. The number of rotatable bonds is 7. The predicted octanol–water partition coefficient (Wildman–Crippen LogP) is 0.425. The number of hydrogen-bond acceptors (Lipinski definition) is 16. The van der Waals surface area contributed by atoms with Crippen LogP contribution in [0.1, 0.15) is 27.7 Å². The van der Waals surface area contributed by atoms with Crippen LogP contribution in [0.5, 0.6) is 23.0 Å². The van der Waals surface area contributed by atoms with Crippen LogP contribution in [0.3, 0.4) is 0 Å². The average molecular weight is 663 g/mol. The molecule has 0 radical (unpaired) electrons. The highest BCUT2D eigenvalue weighted by molar-refractivity contribution is 5.88. The van der Waals surface area contributed by atoms with E-state index in [2.05, 4.69) is 0 Å². The number of fused-ring (bicyclic) bond motifs is 1. The van der Waals surface area contributed by atoms with Gasteiger partial charge in [-0.25, -0.2) is 0 Å². The quantitative estimate of drug-likeness (QED) is 0.188. The molecule has 2 aromatic carbocycles. The van der Waals surface area contributed by atoms with E-state index in [0.29, 0.717) is 0 Å². The number of benzene rings is 2. The lowest BCUT2D eigenvalue weighted by Gasteiger charge is -2.41. The van der Waals surface area contributed by atoms with Crippen LogP contribution in [0, 0.1) is 0 Å². The van der Waals surface area contributed by atoms with E-state index in [9.17, 15) is 45.0 Å². The highest BCUT2D eigenvalue weighted by Crippen LogP contribution is 2.39. The fourth-order valence-corrected chi connectivity index (χ4v) is 5.36. The first-order chi connectivity index (χ1) is 22.2. The van der Waals surface area contributed by atoms with Gasteiger partial charge in [0.1, 0.15) is 52.6 Å². The Morgan fingerprint density at radius 2 is 1.36 bits per heavy atom. The van der Waals surface area contributed by atoms with Gasteiger partial charge >= 0.3 is 11.9 Å². The molecule has 0 aliphatic carbocycles. The zero-order valence-electron chi connectivity index (χ0n) is 25.5. The van der Waals surface area contributed by atoms with Crippen molar-refractivity contribution < 1.29 is 73.1 Å². The minimum Gasteiger partial charge on any atom is -0.508 e. The minimum absolute atomic E-state index is 0.112. The number of ether oxygens (including phenoxy) is 6. The molecule has 5 rings (SSSR count). The van der Waals surface area contributed by atoms with Crippen LogP contribution in [0.15, 0.2) is 45.6 Å². The fourth-order valence-electron chi connectivity index (χ4n) is 5.36. The molecule has 2 fully saturated rings. The summed E-state index contributed by atoms with van der Waals surface area (Å²) in [6.07, 6.45) is -14.2.